The second kappa shape index (κ2) is 12.0. The van der Waals surface area contributed by atoms with E-state index in [2.05, 4.69) is 43.0 Å². The van der Waals surface area contributed by atoms with Crippen LogP contribution in [0.4, 0.5) is 21.6 Å². The molecule has 9 heteroatoms. The molecule has 8 nitrogen and oxygen atoms in total. The lowest BCUT2D eigenvalue weighted by Gasteiger charge is -2.19. The fourth-order valence-electron chi connectivity index (χ4n) is 2.57. The van der Waals surface area contributed by atoms with Gasteiger partial charge in [0.25, 0.3) is 0 Å². The number of aromatic nitrogens is 3. The van der Waals surface area contributed by atoms with Gasteiger partial charge in [0.2, 0.25) is 0 Å². The number of ether oxygens (including phenoxy) is 1. The van der Waals surface area contributed by atoms with Crippen molar-refractivity contribution in [2.45, 2.75) is 47.1 Å². The van der Waals surface area contributed by atoms with Crippen LogP contribution in [0.2, 0.25) is 0 Å². The molecule has 0 atom stereocenters. The Bertz CT molecular complexity index is 986. The molecule has 3 rings (SSSR count). The van der Waals surface area contributed by atoms with Crippen LogP contribution < -0.4 is 16.0 Å². The summed E-state index contributed by atoms with van der Waals surface area (Å²) in [6.07, 6.45) is 1.40. The standard InChI is InChI=1S/C21H26N6O2S.C2H6/c1-14-25-17(22-10-11-23-20(28)29-21(2,3)4)12-18(26-14)27-19-24-13-16(30-19)15-8-6-5-7-9-15;1-2/h5-9,12-13H,10-11H2,1-4H3,(H,23,28)(H2,22,24,25,26,27);1-2H3. The molecule has 0 unspecified atom stereocenters. The van der Waals surface area contributed by atoms with Crippen LogP contribution in [-0.4, -0.2) is 39.7 Å². The van der Waals surface area contributed by atoms with Gasteiger partial charge in [0.15, 0.2) is 5.13 Å². The van der Waals surface area contributed by atoms with Gasteiger partial charge in [-0.3, -0.25) is 0 Å². The average Bonchev–Trinajstić information content (AvgIpc) is 3.20. The number of thiazole rings is 1. The van der Waals surface area contributed by atoms with Gasteiger partial charge in [-0.2, -0.15) is 0 Å². The maximum absolute atomic E-state index is 11.7. The predicted octanol–water partition coefficient (Wildman–Crippen LogP) is 5.61. The molecule has 0 saturated carbocycles. The van der Waals surface area contributed by atoms with Crippen molar-refractivity contribution in [3.63, 3.8) is 0 Å². The lowest BCUT2D eigenvalue weighted by Crippen LogP contribution is -2.35. The van der Waals surface area contributed by atoms with Gasteiger partial charge in [0, 0.05) is 25.4 Å². The van der Waals surface area contributed by atoms with Gasteiger partial charge in [-0.15, -0.1) is 0 Å². The van der Waals surface area contributed by atoms with E-state index in [1.807, 2.05) is 72.0 Å². The summed E-state index contributed by atoms with van der Waals surface area (Å²) < 4.78 is 5.21. The van der Waals surface area contributed by atoms with E-state index in [0.29, 0.717) is 30.5 Å². The topological polar surface area (TPSA) is 101 Å². The number of nitrogens with zero attached hydrogens (tertiary/aromatic N) is 3. The number of benzene rings is 1. The molecule has 3 aromatic rings. The summed E-state index contributed by atoms with van der Waals surface area (Å²) in [4.78, 5) is 26.0. The van der Waals surface area contributed by atoms with Crippen molar-refractivity contribution in [1.29, 1.82) is 0 Å². The summed E-state index contributed by atoms with van der Waals surface area (Å²) in [5.41, 5.74) is 0.611. The van der Waals surface area contributed by atoms with Crippen molar-refractivity contribution in [2.24, 2.45) is 0 Å². The Hall–Kier alpha value is -3.20. The number of amides is 1. The third-order valence-electron chi connectivity index (χ3n) is 3.74. The smallest absolute Gasteiger partial charge is 0.407 e. The van der Waals surface area contributed by atoms with Crippen LogP contribution in [-0.2, 0) is 4.74 Å². The fraction of sp³-hybridized carbons (Fsp3) is 0.391. The van der Waals surface area contributed by atoms with Crippen LogP contribution in [0, 0.1) is 6.92 Å². The van der Waals surface area contributed by atoms with Crippen LogP contribution >= 0.6 is 11.3 Å². The molecule has 2 heterocycles. The molecule has 1 amide bonds. The first-order valence-corrected chi connectivity index (χ1v) is 11.4. The molecule has 3 N–H and O–H groups in total. The number of anilines is 3. The first-order valence-electron chi connectivity index (χ1n) is 10.6. The van der Waals surface area contributed by atoms with Gasteiger partial charge >= 0.3 is 6.09 Å². The first-order chi connectivity index (χ1) is 15.3. The van der Waals surface area contributed by atoms with Crippen molar-refractivity contribution >= 4 is 34.2 Å². The third-order valence-corrected chi connectivity index (χ3v) is 4.70. The molecule has 2 aromatic heterocycles. The van der Waals surface area contributed by atoms with Gasteiger partial charge in [-0.1, -0.05) is 55.5 Å². The zero-order valence-corrected chi connectivity index (χ0v) is 20.3. The largest absolute Gasteiger partial charge is 0.444 e. The van der Waals surface area contributed by atoms with E-state index in [4.69, 9.17) is 4.74 Å². The highest BCUT2D eigenvalue weighted by Gasteiger charge is 2.15. The summed E-state index contributed by atoms with van der Waals surface area (Å²) in [5.74, 6) is 1.94. The van der Waals surface area contributed by atoms with Crippen molar-refractivity contribution < 1.29 is 9.53 Å². The Balaban J connectivity index is 0.00000176. The van der Waals surface area contributed by atoms with Gasteiger partial charge in [0.1, 0.15) is 23.1 Å². The molecule has 0 aliphatic rings. The molecular weight excluding hydrogens is 424 g/mol. The predicted molar refractivity (Wildman–Crippen MR) is 132 cm³/mol. The van der Waals surface area contributed by atoms with E-state index in [9.17, 15) is 4.79 Å². The zero-order chi connectivity index (χ0) is 23.6. The number of carbonyl (C=O) groups is 1. The molecular formula is C23H32N6O2S. The number of hydrogen-bond acceptors (Lipinski definition) is 8. The van der Waals surface area contributed by atoms with E-state index >= 15 is 0 Å². The van der Waals surface area contributed by atoms with Crippen LogP contribution in [0.25, 0.3) is 10.4 Å². The summed E-state index contributed by atoms with van der Waals surface area (Å²) in [6, 6.07) is 11.9. The first kappa shape index (κ1) is 25.1. The average molecular weight is 457 g/mol. The van der Waals surface area contributed by atoms with Gasteiger partial charge in [-0.05, 0) is 33.3 Å². The number of rotatable bonds is 7. The van der Waals surface area contributed by atoms with Crippen LogP contribution in [0.15, 0.2) is 42.6 Å². The summed E-state index contributed by atoms with van der Waals surface area (Å²) in [6.45, 7) is 12.2. The Morgan fingerprint density at radius 1 is 1.06 bits per heavy atom. The number of aryl methyl sites for hydroxylation is 1. The SMILES string of the molecule is CC.Cc1nc(NCCNC(=O)OC(C)(C)C)cc(Nc2ncc(-c3ccccc3)s2)n1. The summed E-state index contributed by atoms with van der Waals surface area (Å²) >= 11 is 1.56. The summed E-state index contributed by atoms with van der Waals surface area (Å²) in [5, 5.41) is 9.88. The molecule has 0 saturated heterocycles. The minimum atomic E-state index is -0.516. The van der Waals surface area contributed by atoms with Crippen LogP contribution in [0.3, 0.4) is 0 Å². The Kier molecular flexibility index (Phi) is 9.39. The molecule has 32 heavy (non-hydrogen) atoms. The lowest BCUT2D eigenvalue weighted by atomic mass is 10.2. The van der Waals surface area contributed by atoms with E-state index in [1.165, 1.54) is 0 Å². The normalized spacial score (nSPS) is 10.6. The Morgan fingerprint density at radius 3 is 2.44 bits per heavy atom. The minimum Gasteiger partial charge on any atom is -0.444 e. The van der Waals surface area contributed by atoms with Gasteiger partial charge in [0.05, 0.1) is 4.88 Å². The minimum absolute atomic E-state index is 0.410. The number of carbonyl (C=O) groups excluding carboxylic acids is 1. The molecule has 0 radical (unpaired) electrons. The maximum atomic E-state index is 11.7. The molecule has 0 bridgehead atoms. The number of hydrogen-bond donors (Lipinski definition) is 3. The Morgan fingerprint density at radius 2 is 1.75 bits per heavy atom. The molecule has 0 fully saturated rings. The second-order valence-electron chi connectivity index (χ2n) is 7.56. The highest BCUT2D eigenvalue weighted by atomic mass is 32.1. The van der Waals surface area contributed by atoms with E-state index in [1.54, 1.807) is 11.3 Å². The van der Waals surface area contributed by atoms with Crippen molar-refractivity contribution in [3.05, 3.63) is 48.4 Å². The van der Waals surface area contributed by atoms with Crippen LogP contribution in [0.5, 0.6) is 0 Å². The van der Waals surface area contributed by atoms with E-state index in [0.717, 1.165) is 15.6 Å². The zero-order valence-electron chi connectivity index (χ0n) is 19.5. The highest BCUT2D eigenvalue weighted by molar-refractivity contribution is 7.18. The van der Waals surface area contributed by atoms with E-state index in [-0.39, 0.29) is 0 Å². The van der Waals surface area contributed by atoms with Gasteiger partial charge < -0.3 is 20.7 Å². The molecule has 1 aromatic carbocycles. The van der Waals surface area contributed by atoms with E-state index < -0.39 is 11.7 Å². The fourth-order valence-corrected chi connectivity index (χ4v) is 3.40. The van der Waals surface area contributed by atoms with Crippen LogP contribution in [0.1, 0.15) is 40.4 Å². The molecule has 0 spiro atoms. The van der Waals surface area contributed by atoms with Crippen molar-refractivity contribution in [2.75, 3.05) is 23.7 Å². The maximum Gasteiger partial charge on any atom is 0.407 e. The quantitative estimate of drug-likeness (QED) is 0.397. The number of alkyl carbamates (subject to hydrolysis) is 1. The lowest BCUT2D eigenvalue weighted by molar-refractivity contribution is 0.0530. The van der Waals surface area contributed by atoms with Gasteiger partial charge in [-0.25, -0.2) is 19.7 Å². The molecule has 0 aliphatic heterocycles. The second-order valence-corrected chi connectivity index (χ2v) is 8.59. The highest BCUT2D eigenvalue weighted by Crippen LogP contribution is 2.30. The number of nitrogens with one attached hydrogen (secondary N) is 3. The summed E-state index contributed by atoms with van der Waals surface area (Å²) in [7, 11) is 0. The molecule has 0 aliphatic carbocycles. The monoisotopic (exact) mass is 456 g/mol. The molecule has 172 valence electrons. The Labute approximate surface area is 193 Å². The van der Waals surface area contributed by atoms with Crippen molar-refractivity contribution in [1.82, 2.24) is 20.3 Å². The van der Waals surface area contributed by atoms with Crippen molar-refractivity contribution in [3.8, 4) is 10.4 Å². The third kappa shape index (κ3) is 8.50.